The lowest BCUT2D eigenvalue weighted by Crippen LogP contribution is -2.08. The van der Waals surface area contributed by atoms with Gasteiger partial charge in [0.15, 0.2) is 0 Å². The zero-order valence-corrected chi connectivity index (χ0v) is 17.7. The highest BCUT2D eigenvalue weighted by Gasteiger charge is 2.22. The second-order valence-electron chi connectivity index (χ2n) is 5.90. The minimum Gasteiger partial charge on any atom is -0.478 e. The van der Waals surface area contributed by atoms with E-state index >= 15 is 0 Å². The van der Waals surface area contributed by atoms with Crippen LogP contribution < -0.4 is 18.9 Å². The van der Waals surface area contributed by atoms with E-state index in [4.69, 9.17) is 21.1 Å². The minimum atomic E-state index is -3.08. The van der Waals surface area contributed by atoms with Crippen LogP contribution in [0.1, 0.15) is 0 Å². The summed E-state index contributed by atoms with van der Waals surface area (Å²) in [6.45, 7) is -3.08. The normalized spacial score (nSPS) is 11.2. The van der Waals surface area contributed by atoms with Gasteiger partial charge >= 0.3 is 6.61 Å². The maximum atomic E-state index is 12.7. The highest BCUT2D eigenvalue weighted by molar-refractivity contribution is 8.00. The molecular formula is C18H15ClF2N6O3S. The van der Waals surface area contributed by atoms with Crippen molar-refractivity contribution in [1.29, 1.82) is 0 Å². The van der Waals surface area contributed by atoms with Gasteiger partial charge in [0.1, 0.15) is 5.69 Å². The molecule has 0 unspecified atom stereocenters. The molecule has 0 fully saturated rings. The minimum absolute atomic E-state index is 0.0796. The zero-order valence-electron chi connectivity index (χ0n) is 16.1. The van der Waals surface area contributed by atoms with E-state index in [-0.39, 0.29) is 23.5 Å². The van der Waals surface area contributed by atoms with Crippen molar-refractivity contribution in [3.05, 3.63) is 41.8 Å². The van der Waals surface area contributed by atoms with Crippen LogP contribution in [0.25, 0.3) is 16.6 Å². The number of nitrogens with zero attached hydrogens (tertiary/aromatic N) is 4. The van der Waals surface area contributed by atoms with Crippen LogP contribution in [0.2, 0.25) is 5.02 Å². The molecule has 0 saturated carbocycles. The zero-order chi connectivity index (χ0) is 22.0. The monoisotopic (exact) mass is 468 g/mol. The first-order chi connectivity index (χ1) is 15.0. The number of ether oxygens (including phenoxy) is 3. The molecule has 0 aliphatic carbocycles. The van der Waals surface area contributed by atoms with Crippen LogP contribution in [0.5, 0.6) is 17.5 Å². The molecular weight excluding hydrogens is 454 g/mol. The molecule has 162 valence electrons. The lowest BCUT2D eigenvalue weighted by molar-refractivity contribution is -0.0533. The number of aromatic amines is 1. The quantitative estimate of drug-likeness (QED) is 0.364. The maximum absolute atomic E-state index is 12.7. The molecule has 0 bridgehead atoms. The fourth-order valence-corrected chi connectivity index (χ4v) is 3.80. The molecule has 0 aliphatic rings. The van der Waals surface area contributed by atoms with E-state index < -0.39 is 6.61 Å². The molecule has 4 rings (SSSR count). The van der Waals surface area contributed by atoms with E-state index in [2.05, 4.69) is 29.5 Å². The summed E-state index contributed by atoms with van der Waals surface area (Å²) in [5.41, 5.74) is 1.50. The van der Waals surface area contributed by atoms with Crippen molar-refractivity contribution in [3.8, 4) is 23.2 Å². The second kappa shape index (κ2) is 8.86. The highest BCUT2D eigenvalue weighted by Crippen LogP contribution is 2.38. The van der Waals surface area contributed by atoms with E-state index in [1.165, 1.54) is 26.2 Å². The van der Waals surface area contributed by atoms with E-state index in [9.17, 15) is 8.78 Å². The van der Waals surface area contributed by atoms with Crippen LogP contribution in [0.3, 0.4) is 0 Å². The van der Waals surface area contributed by atoms with Crippen molar-refractivity contribution in [2.24, 2.45) is 0 Å². The number of nitrogens with one attached hydrogen (secondary N) is 2. The van der Waals surface area contributed by atoms with Crippen molar-refractivity contribution >= 4 is 40.4 Å². The summed E-state index contributed by atoms with van der Waals surface area (Å²) < 4.78 is 44.5. The second-order valence-corrected chi connectivity index (χ2v) is 7.15. The number of anilines is 1. The molecule has 2 N–H and O–H groups in total. The molecule has 0 aliphatic heterocycles. The SMILES string of the molecule is COc1nc(NSc2c[nH]c3c(-n4cccn4)c(Cl)ccc23)nc(OC)c1OC(F)F. The van der Waals surface area contributed by atoms with Gasteiger partial charge in [0.25, 0.3) is 11.8 Å². The van der Waals surface area contributed by atoms with E-state index in [1.807, 2.05) is 6.07 Å². The summed E-state index contributed by atoms with van der Waals surface area (Å²) in [5, 5.41) is 5.66. The summed E-state index contributed by atoms with van der Waals surface area (Å²) in [7, 11) is 2.55. The summed E-state index contributed by atoms with van der Waals surface area (Å²) in [5.74, 6) is -0.694. The van der Waals surface area contributed by atoms with Gasteiger partial charge in [-0.2, -0.15) is 23.8 Å². The number of benzene rings is 1. The van der Waals surface area contributed by atoms with Gasteiger partial charge in [-0.05, 0) is 24.1 Å². The van der Waals surface area contributed by atoms with Crippen LogP contribution in [0, 0.1) is 0 Å². The molecule has 0 radical (unpaired) electrons. The Hall–Kier alpha value is -3.25. The number of methoxy groups -OCH3 is 2. The largest absolute Gasteiger partial charge is 0.478 e. The van der Waals surface area contributed by atoms with Crippen molar-refractivity contribution in [2.75, 3.05) is 18.9 Å². The first kappa shape index (κ1) is 21.0. The van der Waals surface area contributed by atoms with Gasteiger partial charge < -0.3 is 19.2 Å². The van der Waals surface area contributed by atoms with Crippen molar-refractivity contribution in [2.45, 2.75) is 11.5 Å². The van der Waals surface area contributed by atoms with Crippen LogP contribution in [0.15, 0.2) is 41.7 Å². The van der Waals surface area contributed by atoms with Crippen molar-refractivity contribution in [1.82, 2.24) is 24.7 Å². The summed E-state index contributed by atoms with van der Waals surface area (Å²) in [6, 6.07) is 5.44. The number of aromatic nitrogens is 5. The van der Waals surface area contributed by atoms with Gasteiger partial charge in [-0.3, -0.25) is 4.72 Å². The van der Waals surface area contributed by atoms with E-state index in [0.717, 1.165) is 15.8 Å². The Kier molecular flexibility index (Phi) is 6.00. The Balaban J connectivity index is 1.63. The fourth-order valence-electron chi connectivity index (χ4n) is 2.87. The Bertz CT molecular complexity index is 1180. The molecule has 1 aromatic carbocycles. The standard InChI is InChI=1S/C18H15ClF2N6O3S/c1-28-15-14(30-17(20)21)16(29-2)25-18(24-15)26-31-11-8-22-12-9(11)4-5-10(19)13(12)27-7-3-6-23-27/h3-8,17,22H,1-2H3,(H,24,25,26). The lowest BCUT2D eigenvalue weighted by atomic mass is 10.2. The van der Waals surface area contributed by atoms with E-state index in [1.54, 1.807) is 35.4 Å². The first-order valence-corrected chi connectivity index (χ1v) is 9.88. The molecule has 0 atom stereocenters. The average molecular weight is 469 g/mol. The van der Waals surface area contributed by atoms with E-state index in [0.29, 0.717) is 10.7 Å². The van der Waals surface area contributed by atoms with Crippen LogP contribution >= 0.6 is 23.5 Å². The number of halogens is 3. The molecule has 0 spiro atoms. The third-order valence-electron chi connectivity index (χ3n) is 4.12. The average Bonchev–Trinajstić information content (AvgIpc) is 3.42. The number of hydrogen-bond donors (Lipinski definition) is 2. The number of rotatable bonds is 8. The third-order valence-corrected chi connectivity index (χ3v) is 5.27. The van der Waals surface area contributed by atoms with Crippen LogP contribution in [-0.2, 0) is 0 Å². The number of hydrogen-bond acceptors (Lipinski definition) is 8. The maximum Gasteiger partial charge on any atom is 0.387 e. The Morgan fingerprint density at radius 3 is 2.55 bits per heavy atom. The smallest absolute Gasteiger partial charge is 0.387 e. The molecule has 4 aromatic rings. The third kappa shape index (κ3) is 4.16. The molecule has 0 saturated heterocycles. The lowest BCUT2D eigenvalue weighted by Gasteiger charge is -2.13. The van der Waals surface area contributed by atoms with Gasteiger partial charge in [0.2, 0.25) is 11.7 Å². The summed E-state index contributed by atoms with van der Waals surface area (Å²) in [6.07, 6.45) is 5.24. The summed E-state index contributed by atoms with van der Waals surface area (Å²) in [4.78, 5) is 12.1. The molecule has 3 aromatic heterocycles. The van der Waals surface area contributed by atoms with Gasteiger partial charge in [-0.15, -0.1) is 0 Å². The van der Waals surface area contributed by atoms with Gasteiger partial charge in [-0.1, -0.05) is 17.7 Å². The Morgan fingerprint density at radius 2 is 1.94 bits per heavy atom. The van der Waals surface area contributed by atoms with Crippen LogP contribution in [-0.4, -0.2) is 45.6 Å². The number of fused-ring (bicyclic) bond motifs is 1. The molecule has 3 heterocycles. The van der Waals surface area contributed by atoms with Crippen LogP contribution in [0.4, 0.5) is 14.7 Å². The predicted octanol–water partition coefficient (Wildman–Crippen LogP) is 4.53. The molecule has 9 nitrogen and oxygen atoms in total. The predicted molar refractivity (Wildman–Crippen MR) is 112 cm³/mol. The van der Waals surface area contributed by atoms with Crippen molar-refractivity contribution in [3.63, 3.8) is 0 Å². The van der Waals surface area contributed by atoms with Gasteiger partial charge in [0, 0.05) is 24.0 Å². The fraction of sp³-hybridized carbons (Fsp3) is 0.167. The molecule has 31 heavy (non-hydrogen) atoms. The number of H-pyrrole nitrogens is 1. The van der Waals surface area contributed by atoms with Gasteiger partial charge in [-0.25, -0.2) is 4.68 Å². The molecule has 0 amide bonds. The Morgan fingerprint density at radius 1 is 1.19 bits per heavy atom. The highest BCUT2D eigenvalue weighted by atomic mass is 35.5. The topological polar surface area (TPSA) is 99.1 Å². The molecule has 13 heteroatoms. The number of alkyl halides is 2. The van der Waals surface area contributed by atoms with Gasteiger partial charge in [0.05, 0.1) is 29.7 Å². The van der Waals surface area contributed by atoms with Crippen molar-refractivity contribution < 1.29 is 23.0 Å². The summed E-state index contributed by atoms with van der Waals surface area (Å²) >= 11 is 7.58. The first-order valence-electron chi connectivity index (χ1n) is 8.69. The Labute approximate surface area is 183 Å².